The van der Waals surface area contributed by atoms with Gasteiger partial charge in [-0.1, -0.05) is 24.3 Å². The van der Waals surface area contributed by atoms with Crippen molar-refractivity contribution in [3.05, 3.63) is 59.4 Å². The van der Waals surface area contributed by atoms with Gasteiger partial charge in [-0.2, -0.15) is 0 Å². The topological polar surface area (TPSA) is 38.8 Å². The molecule has 5 heteroatoms. The molecule has 2 heterocycles. The van der Waals surface area contributed by atoms with Crippen LogP contribution in [-0.2, 0) is 11.2 Å². The van der Waals surface area contributed by atoms with Gasteiger partial charge in [0.2, 0.25) is 12.7 Å². The average molecular weight is 341 g/mol. The number of benzene rings is 2. The van der Waals surface area contributed by atoms with Crippen LogP contribution < -0.4 is 9.47 Å². The quantitative estimate of drug-likeness (QED) is 0.848. The lowest BCUT2D eigenvalue weighted by Gasteiger charge is -2.25. The second kappa shape index (κ2) is 6.75. The second-order valence-corrected chi connectivity index (χ2v) is 6.45. The van der Waals surface area contributed by atoms with E-state index in [0.29, 0.717) is 12.8 Å². The number of halogens is 1. The first-order chi connectivity index (χ1) is 12.2. The molecule has 0 spiro atoms. The summed E-state index contributed by atoms with van der Waals surface area (Å²) in [5.74, 6) is 1.33. The minimum atomic E-state index is -0.256. The molecule has 2 aliphatic rings. The fourth-order valence-corrected chi connectivity index (χ4v) is 3.70. The van der Waals surface area contributed by atoms with Gasteiger partial charge in [-0.25, -0.2) is 4.39 Å². The van der Waals surface area contributed by atoms with Crippen LogP contribution in [0.3, 0.4) is 0 Å². The van der Waals surface area contributed by atoms with Crippen LogP contribution in [0.2, 0.25) is 0 Å². The minimum absolute atomic E-state index is 0.0238. The van der Waals surface area contributed by atoms with E-state index in [1.807, 2.05) is 29.2 Å². The van der Waals surface area contributed by atoms with Gasteiger partial charge in [-0.15, -0.1) is 0 Å². The lowest BCUT2D eigenvalue weighted by Crippen LogP contribution is -2.30. The molecule has 1 saturated heterocycles. The van der Waals surface area contributed by atoms with Crippen molar-refractivity contribution >= 4 is 5.91 Å². The zero-order valence-electron chi connectivity index (χ0n) is 13.9. The molecule has 2 aromatic rings. The van der Waals surface area contributed by atoms with Crippen LogP contribution in [0.5, 0.6) is 11.5 Å². The number of likely N-dealkylation sites (tertiary alicyclic amines) is 1. The summed E-state index contributed by atoms with van der Waals surface area (Å²) >= 11 is 0. The largest absolute Gasteiger partial charge is 0.454 e. The SMILES string of the molecule is O=C(CCc1cccc2c1OCO2)N1CCCC1c1cccc(F)c1. The van der Waals surface area contributed by atoms with Crippen molar-refractivity contribution in [3.63, 3.8) is 0 Å². The summed E-state index contributed by atoms with van der Waals surface area (Å²) in [7, 11) is 0. The number of carbonyl (C=O) groups excluding carboxylic acids is 1. The molecule has 4 rings (SSSR count). The summed E-state index contributed by atoms with van der Waals surface area (Å²) in [6, 6.07) is 12.3. The fraction of sp³-hybridized carbons (Fsp3) is 0.350. The van der Waals surface area contributed by atoms with Crippen LogP contribution in [0.25, 0.3) is 0 Å². The first-order valence-electron chi connectivity index (χ1n) is 8.65. The molecular formula is C20H20FNO3. The van der Waals surface area contributed by atoms with E-state index in [9.17, 15) is 9.18 Å². The average Bonchev–Trinajstić information content (AvgIpc) is 3.28. The zero-order chi connectivity index (χ0) is 17.2. The number of rotatable bonds is 4. The smallest absolute Gasteiger partial charge is 0.231 e. The van der Waals surface area contributed by atoms with Crippen LogP contribution >= 0.6 is 0 Å². The van der Waals surface area contributed by atoms with E-state index in [4.69, 9.17) is 9.47 Å². The van der Waals surface area contributed by atoms with E-state index >= 15 is 0 Å². The van der Waals surface area contributed by atoms with Crippen molar-refractivity contribution in [2.45, 2.75) is 31.7 Å². The number of aryl methyl sites for hydroxylation is 1. The Morgan fingerprint density at radius 2 is 2.08 bits per heavy atom. The monoisotopic (exact) mass is 341 g/mol. The summed E-state index contributed by atoms with van der Waals surface area (Å²) in [5.41, 5.74) is 1.87. The Hall–Kier alpha value is -2.56. The predicted octanol–water partition coefficient (Wildman–Crippen LogP) is 3.85. The predicted molar refractivity (Wildman–Crippen MR) is 91.0 cm³/mol. The molecule has 1 unspecified atom stereocenters. The molecule has 4 nitrogen and oxygen atoms in total. The first-order valence-corrected chi connectivity index (χ1v) is 8.65. The highest BCUT2D eigenvalue weighted by molar-refractivity contribution is 5.77. The molecule has 1 fully saturated rings. The molecule has 1 amide bonds. The number of carbonyl (C=O) groups is 1. The van der Waals surface area contributed by atoms with Crippen molar-refractivity contribution in [2.75, 3.05) is 13.3 Å². The van der Waals surface area contributed by atoms with Crippen molar-refractivity contribution in [2.24, 2.45) is 0 Å². The van der Waals surface area contributed by atoms with Gasteiger partial charge in [-0.3, -0.25) is 4.79 Å². The summed E-state index contributed by atoms with van der Waals surface area (Å²) < 4.78 is 24.4. The number of ether oxygens (including phenoxy) is 2. The summed E-state index contributed by atoms with van der Waals surface area (Å²) in [6.07, 6.45) is 2.85. The number of fused-ring (bicyclic) bond motifs is 1. The molecular weight excluding hydrogens is 321 g/mol. The van der Waals surface area contributed by atoms with E-state index in [1.165, 1.54) is 12.1 Å². The number of hydrogen-bond acceptors (Lipinski definition) is 3. The van der Waals surface area contributed by atoms with E-state index in [-0.39, 0.29) is 24.6 Å². The zero-order valence-corrected chi connectivity index (χ0v) is 13.9. The van der Waals surface area contributed by atoms with Crippen molar-refractivity contribution < 1.29 is 18.7 Å². The number of hydrogen-bond donors (Lipinski definition) is 0. The molecule has 130 valence electrons. The number of nitrogens with zero attached hydrogens (tertiary/aromatic N) is 1. The third-order valence-electron chi connectivity index (χ3n) is 4.89. The molecule has 2 aromatic carbocycles. The van der Waals surface area contributed by atoms with Gasteiger partial charge in [0.05, 0.1) is 6.04 Å². The highest BCUT2D eigenvalue weighted by Crippen LogP contribution is 2.37. The van der Waals surface area contributed by atoms with Gasteiger partial charge >= 0.3 is 0 Å². The molecule has 25 heavy (non-hydrogen) atoms. The normalized spacial score (nSPS) is 18.6. The van der Waals surface area contributed by atoms with Crippen molar-refractivity contribution in [3.8, 4) is 11.5 Å². The summed E-state index contributed by atoms with van der Waals surface area (Å²) in [4.78, 5) is 14.6. The molecule has 0 aromatic heterocycles. The lowest BCUT2D eigenvalue weighted by molar-refractivity contribution is -0.132. The lowest BCUT2D eigenvalue weighted by atomic mass is 10.0. The Kier molecular flexibility index (Phi) is 4.30. The molecule has 0 N–H and O–H groups in total. The van der Waals surface area contributed by atoms with E-state index in [0.717, 1.165) is 42.0 Å². The maximum atomic E-state index is 13.5. The van der Waals surface area contributed by atoms with Crippen molar-refractivity contribution in [1.82, 2.24) is 4.90 Å². The Morgan fingerprint density at radius 3 is 2.96 bits per heavy atom. The Labute approximate surface area is 146 Å². The second-order valence-electron chi connectivity index (χ2n) is 6.45. The maximum Gasteiger partial charge on any atom is 0.231 e. The van der Waals surface area contributed by atoms with Gasteiger partial charge in [-0.05, 0) is 48.6 Å². The summed E-state index contributed by atoms with van der Waals surface area (Å²) in [5, 5.41) is 0. The highest BCUT2D eigenvalue weighted by Gasteiger charge is 2.30. The van der Waals surface area contributed by atoms with Gasteiger partial charge in [0.15, 0.2) is 11.5 Å². The van der Waals surface area contributed by atoms with Crippen molar-refractivity contribution in [1.29, 1.82) is 0 Å². The first kappa shape index (κ1) is 15.9. The molecule has 1 atom stereocenters. The molecule has 0 aliphatic carbocycles. The molecule has 0 saturated carbocycles. The van der Waals surface area contributed by atoms with E-state index < -0.39 is 0 Å². The number of amides is 1. The fourth-order valence-electron chi connectivity index (χ4n) is 3.70. The highest BCUT2D eigenvalue weighted by atomic mass is 19.1. The maximum absolute atomic E-state index is 13.5. The molecule has 0 bridgehead atoms. The molecule has 0 radical (unpaired) electrons. The van der Waals surface area contributed by atoms with Crippen LogP contribution in [0.4, 0.5) is 4.39 Å². The van der Waals surface area contributed by atoms with Crippen LogP contribution in [0.15, 0.2) is 42.5 Å². The van der Waals surface area contributed by atoms with E-state index in [2.05, 4.69) is 0 Å². The van der Waals surface area contributed by atoms with E-state index in [1.54, 1.807) is 6.07 Å². The van der Waals surface area contributed by atoms with Gasteiger partial charge in [0.25, 0.3) is 0 Å². The third kappa shape index (κ3) is 3.18. The van der Waals surface area contributed by atoms with Gasteiger partial charge in [0.1, 0.15) is 5.82 Å². The van der Waals surface area contributed by atoms with Crippen LogP contribution in [0, 0.1) is 5.82 Å². The van der Waals surface area contributed by atoms with Crippen LogP contribution in [-0.4, -0.2) is 24.1 Å². The van der Waals surface area contributed by atoms with Crippen LogP contribution in [0.1, 0.15) is 36.4 Å². The minimum Gasteiger partial charge on any atom is -0.454 e. The molecule has 2 aliphatic heterocycles. The van der Waals surface area contributed by atoms with Gasteiger partial charge in [0, 0.05) is 13.0 Å². The Bertz CT molecular complexity index is 792. The standard InChI is InChI=1S/C20H20FNO3/c21-16-6-1-5-15(12-16)17-7-3-11-22(17)19(23)10-9-14-4-2-8-18-20(14)25-13-24-18/h1-2,4-6,8,12,17H,3,7,9-11,13H2. The Balaban J connectivity index is 1.45. The summed E-state index contributed by atoms with van der Waals surface area (Å²) in [6.45, 7) is 0.959. The number of para-hydroxylation sites is 1. The third-order valence-corrected chi connectivity index (χ3v) is 4.89. The Morgan fingerprint density at radius 1 is 1.20 bits per heavy atom. The van der Waals surface area contributed by atoms with Gasteiger partial charge < -0.3 is 14.4 Å².